The van der Waals surface area contributed by atoms with Gasteiger partial charge in [0.25, 0.3) is 0 Å². The van der Waals surface area contributed by atoms with Crippen LogP contribution in [-0.2, 0) is 17.4 Å². The Labute approximate surface area is 70.8 Å². The van der Waals surface area contributed by atoms with Gasteiger partial charge in [-0.2, -0.15) is 5.10 Å². The van der Waals surface area contributed by atoms with Crippen molar-refractivity contribution in [1.29, 1.82) is 0 Å². The zero-order chi connectivity index (χ0) is 9.19. The highest BCUT2D eigenvalue weighted by Gasteiger charge is 2.25. The van der Waals surface area contributed by atoms with Crippen molar-refractivity contribution in [3.05, 3.63) is 18.0 Å². The number of carbonyl (C=O) groups is 1. The molecule has 0 radical (unpaired) electrons. The average molecular weight is 168 g/mol. The lowest BCUT2D eigenvalue weighted by molar-refractivity contribution is -0.112. The van der Waals surface area contributed by atoms with Gasteiger partial charge in [0.2, 0.25) is 0 Å². The average Bonchev–Trinajstić information content (AvgIpc) is 2.35. The van der Waals surface area contributed by atoms with Crippen molar-refractivity contribution in [2.45, 2.75) is 18.9 Å². The summed E-state index contributed by atoms with van der Waals surface area (Å²) in [6.45, 7) is 1.60. The van der Waals surface area contributed by atoms with Gasteiger partial charge >= 0.3 is 0 Å². The Morgan fingerprint density at radius 3 is 2.92 bits per heavy atom. The van der Waals surface area contributed by atoms with Gasteiger partial charge in [-0.05, 0) is 13.0 Å². The molecule has 0 saturated carbocycles. The van der Waals surface area contributed by atoms with Crippen LogP contribution < -0.4 is 0 Å². The van der Waals surface area contributed by atoms with Gasteiger partial charge in [-0.15, -0.1) is 0 Å². The summed E-state index contributed by atoms with van der Waals surface area (Å²) in [6.07, 6.45) is 2.38. The number of hydrogen-bond acceptors (Lipinski definition) is 3. The number of carbonyl (C=O) groups excluding carboxylic acids is 1. The molecule has 1 atom stereocenters. The largest absolute Gasteiger partial charge is 0.383 e. The number of aryl methyl sites for hydroxylation is 1. The van der Waals surface area contributed by atoms with Gasteiger partial charge in [0.05, 0.1) is 5.69 Å². The zero-order valence-corrected chi connectivity index (χ0v) is 7.19. The second kappa shape index (κ2) is 3.06. The zero-order valence-electron chi connectivity index (χ0n) is 7.19. The summed E-state index contributed by atoms with van der Waals surface area (Å²) < 4.78 is 1.56. The van der Waals surface area contributed by atoms with E-state index >= 15 is 0 Å². The van der Waals surface area contributed by atoms with Crippen LogP contribution in [0.25, 0.3) is 0 Å². The minimum atomic E-state index is -1.10. The quantitative estimate of drug-likeness (QED) is 0.657. The Morgan fingerprint density at radius 2 is 2.50 bits per heavy atom. The highest BCUT2D eigenvalue weighted by molar-refractivity contribution is 5.51. The van der Waals surface area contributed by atoms with Crippen molar-refractivity contribution >= 4 is 6.29 Å². The van der Waals surface area contributed by atoms with Crippen LogP contribution in [0, 0.1) is 0 Å². The first-order valence-corrected chi connectivity index (χ1v) is 3.72. The highest BCUT2D eigenvalue weighted by atomic mass is 16.3. The summed E-state index contributed by atoms with van der Waals surface area (Å²) in [5.41, 5.74) is -0.456. The van der Waals surface area contributed by atoms with Gasteiger partial charge < -0.3 is 9.90 Å². The Kier molecular flexibility index (Phi) is 2.28. The van der Waals surface area contributed by atoms with Crippen LogP contribution in [0.4, 0.5) is 0 Å². The Bertz CT molecular complexity index is 278. The number of rotatable bonds is 3. The maximum Gasteiger partial charge on any atom is 0.123 e. The van der Waals surface area contributed by atoms with E-state index in [1.807, 2.05) is 0 Å². The molecule has 1 aromatic rings. The molecule has 0 bridgehead atoms. The number of hydrogen-bond donors (Lipinski definition) is 1. The molecule has 1 rings (SSSR count). The van der Waals surface area contributed by atoms with E-state index in [1.54, 1.807) is 30.9 Å². The van der Waals surface area contributed by atoms with E-state index in [0.29, 0.717) is 12.0 Å². The summed E-state index contributed by atoms with van der Waals surface area (Å²) in [4.78, 5) is 10.2. The topological polar surface area (TPSA) is 55.1 Å². The summed E-state index contributed by atoms with van der Waals surface area (Å²) >= 11 is 0. The van der Waals surface area contributed by atoms with E-state index in [-0.39, 0.29) is 6.42 Å². The molecule has 0 aromatic carbocycles. The van der Waals surface area contributed by atoms with Gasteiger partial charge in [-0.3, -0.25) is 4.68 Å². The van der Waals surface area contributed by atoms with Gasteiger partial charge in [-0.25, -0.2) is 0 Å². The fourth-order valence-electron chi connectivity index (χ4n) is 1.17. The van der Waals surface area contributed by atoms with Gasteiger partial charge in [0.1, 0.15) is 11.9 Å². The third kappa shape index (κ3) is 1.53. The summed E-state index contributed by atoms with van der Waals surface area (Å²) in [6, 6.07) is 1.70. The molecule has 0 fully saturated rings. The number of aromatic nitrogens is 2. The van der Waals surface area contributed by atoms with E-state index in [1.165, 1.54) is 0 Å². The van der Waals surface area contributed by atoms with Crippen molar-refractivity contribution < 1.29 is 9.90 Å². The molecule has 1 N–H and O–H groups in total. The minimum absolute atomic E-state index is 0.0898. The van der Waals surface area contributed by atoms with Crippen LogP contribution in [-0.4, -0.2) is 21.2 Å². The molecule has 4 heteroatoms. The third-order valence-electron chi connectivity index (χ3n) is 1.85. The van der Waals surface area contributed by atoms with Gasteiger partial charge in [0.15, 0.2) is 0 Å². The van der Waals surface area contributed by atoms with Crippen molar-refractivity contribution in [2.24, 2.45) is 7.05 Å². The summed E-state index contributed by atoms with van der Waals surface area (Å²) in [5.74, 6) is 0. The first-order valence-electron chi connectivity index (χ1n) is 3.72. The van der Waals surface area contributed by atoms with E-state index in [0.717, 1.165) is 0 Å². The molecule has 66 valence electrons. The standard InChI is InChI=1S/C8H12N2O2/c1-8(12,4-6-11)7-3-5-9-10(7)2/h3,5-6,12H,4H2,1-2H3. The Morgan fingerprint density at radius 1 is 1.83 bits per heavy atom. The third-order valence-corrected chi connectivity index (χ3v) is 1.85. The second-order valence-corrected chi connectivity index (χ2v) is 2.98. The van der Waals surface area contributed by atoms with Crippen molar-refractivity contribution in [1.82, 2.24) is 9.78 Å². The molecule has 1 heterocycles. The van der Waals surface area contributed by atoms with Gasteiger partial charge in [0, 0.05) is 19.7 Å². The fraction of sp³-hybridized carbons (Fsp3) is 0.500. The predicted molar refractivity (Wildman–Crippen MR) is 43.5 cm³/mol. The van der Waals surface area contributed by atoms with Crippen LogP contribution >= 0.6 is 0 Å². The lowest BCUT2D eigenvalue weighted by Crippen LogP contribution is -2.24. The lowest BCUT2D eigenvalue weighted by Gasteiger charge is -2.20. The van der Waals surface area contributed by atoms with E-state index < -0.39 is 5.60 Å². The van der Waals surface area contributed by atoms with E-state index in [9.17, 15) is 9.90 Å². The Balaban J connectivity index is 2.96. The smallest absolute Gasteiger partial charge is 0.123 e. The molecule has 0 aliphatic heterocycles. The Hall–Kier alpha value is -1.16. The molecular weight excluding hydrogens is 156 g/mol. The number of aliphatic hydroxyl groups is 1. The molecular formula is C8H12N2O2. The summed E-state index contributed by atoms with van der Waals surface area (Å²) in [5, 5.41) is 13.7. The van der Waals surface area contributed by atoms with Crippen LogP contribution in [0.3, 0.4) is 0 Å². The predicted octanol–water partition coefficient (Wildman–Crippen LogP) is 0.217. The molecule has 1 aromatic heterocycles. The first-order chi connectivity index (χ1) is 5.58. The molecule has 0 spiro atoms. The summed E-state index contributed by atoms with van der Waals surface area (Å²) in [7, 11) is 1.73. The van der Waals surface area contributed by atoms with Crippen molar-refractivity contribution in [3.63, 3.8) is 0 Å². The SMILES string of the molecule is Cn1nccc1C(C)(O)CC=O. The fourth-order valence-corrected chi connectivity index (χ4v) is 1.17. The van der Waals surface area contributed by atoms with Crippen LogP contribution in [0.5, 0.6) is 0 Å². The highest BCUT2D eigenvalue weighted by Crippen LogP contribution is 2.21. The molecule has 0 aliphatic rings. The van der Waals surface area contributed by atoms with E-state index in [4.69, 9.17) is 0 Å². The van der Waals surface area contributed by atoms with Crippen LogP contribution in [0.1, 0.15) is 19.0 Å². The number of nitrogens with zero attached hydrogens (tertiary/aromatic N) is 2. The molecule has 1 unspecified atom stereocenters. The maximum atomic E-state index is 10.2. The number of aldehydes is 1. The molecule has 0 aliphatic carbocycles. The molecule has 0 saturated heterocycles. The van der Waals surface area contributed by atoms with Crippen LogP contribution in [0.2, 0.25) is 0 Å². The van der Waals surface area contributed by atoms with E-state index in [2.05, 4.69) is 5.10 Å². The monoisotopic (exact) mass is 168 g/mol. The molecule has 12 heavy (non-hydrogen) atoms. The minimum Gasteiger partial charge on any atom is -0.383 e. The normalized spacial score (nSPS) is 15.6. The van der Waals surface area contributed by atoms with Crippen molar-refractivity contribution in [2.75, 3.05) is 0 Å². The maximum absolute atomic E-state index is 10.2. The van der Waals surface area contributed by atoms with Crippen LogP contribution in [0.15, 0.2) is 12.3 Å². The lowest BCUT2D eigenvalue weighted by atomic mass is 9.99. The first kappa shape index (κ1) is 8.93. The van der Waals surface area contributed by atoms with Crippen molar-refractivity contribution in [3.8, 4) is 0 Å². The second-order valence-electron chi connectivity index (χ2n) is 2.98. The van der Waals surface area contributed by atoms with Gasteiger partial charge in [-0.1, -0.05) is 0 Å². The molecule has 4 nitrogen and oxygen atoms in total. The molecule has 0 amide bonds.